The van der Waals surface area contributed by atoms with Gasteiger partial charge in [-0.05, 0) is 43.0 Å². The number of rotatable bonds is 7. The smallest absolute Gasteiger partial charge is 0.191 e. The predicted molar refractivity (Wildman–Crippen MR) is 96.6 cm³/mol. The number of hydrogen-bond donors (Lipinski definition) is 2. The van der Waals surface area contributed by atoms with Crippen LogP contribution in [0.2, 0.25) is 0 Å². The molecule has 2 aromatic rings. The molecule has 23 heavy (non-hydrogen) atoms. The lowest BCUT2D eigenvalue weighted by Crippen LogP contribution is -2.38. The summed E-state index contributed by atoms with van der Waals surface area (Å²) in [6.45, 7) is 6.54. The molecule has 0 spiro atoms. The summed E-state index contributed by atoms with van der Waals surface area (Å²) in [6.07, 6.45) is 3.87. The summed E-state index contributed by atoms with van der Waals surface area (Å²) in [4.78, 5) is 8.87. The highest BCUT2D eigenvalue weighted by atomic mass is 15.2. The molecule has 1 aromatic heterocycles. The summed E-state index contributed by atoms with van der Waals surface area (Å²) in [5.74, 6) is 0.836. The highest BCUT2D eigenvalue weighted by molar-refractivity contribution is 5.79. The zero-order valence-corrected chi connectivity index (χ0v) is 14.0. The molecule has 0 fully saturated rings. The number of guanidine groups is 1. The van der Waals surface area contributed by atoms with E-state index in [-0.39, 0.29) is 0 Å². The third-order valence-corrected chi connectivity index (χ3v) is 3.61. The first kappa shape index (κ1) is 17.0. The van der Waals surface area contributed by atoms with E-state index in [1.807, 2.05) is 18.2 Å². The first-order valence-corrected chi connectivity index (χ1v) is 8.31. The molecule has 0 bridgehead atoms. The Morgan fingerprint density at radius 3 is 2.43 bits per heavy atom. The van der Waals surface area contributed by atoms with Crippen LogP contribution in [0.15, 0.2) is 53.7 Å². The van der Waals surface area contributed by atoms with E-state index >= 15 is 0 Å². The van der Waals surface area contributed by atoms with E-state index in [4.69, 9.17) is 0 Å². The van der Waals surface area contributed by atoms with Gasteiger partial charge in [0.25, 0.3) is 0 Å². The summed E-state index contributed by atoms with van der Waals surface area (Å²) < 4.78 is 0. The van der Waals surface area contributed by atoms with Crippen LogP contribution in [0.25, 0.3) is 0 Å². The molecule has 0 amide bonds. The van der Waals surface area contributed by atoms with Crippen molar-refractivity contribution in [1.29, 1.82) is 0 Å². The molecule has 1 heterocycles. The van der Waals surface area contributed by atoms with Crippen molar-refractivity contribution < 1.29 is 0 Å². The van der Waals surface area contributed by atoms with Gasteiger partial charge in [0.15, 0.2) is 5.96 Å². The Bertz CT molecular complexity index is 591. The second-order valence-corrected chi connectivity index (χ2v) is 5.36. The van der Waals surface area contributed by atoms with Gasteiger partial charge in [0.05, 0.1) is 12.2 Å². The Hall–Kier alpha value is -2.36. The van der Waals surface area contributed by atoms with Gasteiger partial charge >= 0.3 is 0 Å². The third kappa shape index (κ3) is 6.10. The summed E-state index contributed by atoms with van der Waals surface area (Å²) in [5.41, 5.74) is 3.70. The molecule has 0 aliphatic carbocycles. The van der Waals surface area contributed by atoms with Crippen molar-refractivity contribution in [2.24, 2.45) is 4.99 Å². The van der Waals surface area contributed by atoms with Gasteiger partial charge in [-0.1, -0.05) is 37.3 Å². The molecule has 1 aromatic carbocycles. The Morgan fingerprint density at radius 1 is 1.00 bits per heavy atom. The van der Waals surface area contributed by atoms with E-state index in [0.29, 0.717) is 6.54 Å². The van der Waals surface area contributed by atoms with Crippen LogP contribution in [0.4, 0.5) is 0 Å². The highest BCUT2D eigenvalue weighted by Gasteiger charge is 1.99. The van der Waals surface area contributed by atoms with E-state index in [2.05, 4.69) is 58.7 Å². The molecule has 4 heteroatoms. The Labute approximate surface area is 139 Å². The molecular weight excluding hydrogens is 284 g/mol. The van der Waals surface area contributed by atoms with Crippen molar-refractivity contribution in [3.63, 3.8) is 0 Å². The molecule has 2 N–H and O–H groups in total. The number of aliphatic imine (C=N–C) groups is 1. The molecule has 0 atom stereocenters. The lowest BCUT2D eigenvalue weighted by atomic mass is 10.1. The Balaban J connectivity index is 1.83. The fraction of sp³-hybridized carbons (Fsp3) is 0.368. The second kappa shape index (κ2) is 9.62. The molecule has 122 valence electrons. The molecule has 4 nitrogen and oxygen atoms in total. The minimum Gasteiger partial charge on any atom is -0.357 e. The quantitative estimate of drug-likeness (QED) is 0.610. The maximum atomic E-state index is 4.57. The molecule has 0 saturated heterocycles. The molecular formula is C19H26N4. The zero-order chi connectivity index (χ0) is 16.3. The number of pyridine rings is 1. The maximum absolute atomic E-state index is 4.57. The molecule has 2 rings (SSSR count). The van der Waals surface area contributed by atoms with E-state index in [0.717, 1.165) is 37.6 Å². The Morgan fingerprint density at radius 2 is 1.78 bits per heavy atom. The summed E-state index contributed by atoms with van der Waals surface area (Å²) >= 11 is 0. The number of aromatic nitrogens is 1. The van der Waals surface area contributed by atoms with Gasteiger partial charge in [-0.15, -0.1) is 0 Å². The van der Waals surface area contributed by atoms with Gasteiger partial charge in [-0.25, -0.2) is 4.99 Å². The van der Waals surface area contributed by atoms with Crippen LogP contribution < -0.4 is 10.6 Å². The van der Waals surface area contributed by atoms with Gasteiger partial charge < -0.3 is 10.6 Å². The van der Waals surface area contributed by atoms with Crippen LogP contribution in [0, 0.1) is 0 Å². The summed E-state index contributed by atoms with van der Waals surface area (Å²) in [5, 5.41) is 6.65. The van der Waals surface area contributed by atoms with E-state index in [1.54, 1.807) is 6.20 Å². The highest BCUT2D eigenvalue weighted by Crippen LogP contribution is 2.05. The van der Waals surface area contributed by atoms with Crippen LogP contribution >= 0.6 is 0 Å². The molecule has 0 unspecified atom stereocenters. The normalized spacial score (nSPS) is 11.3. The maximum Gasteiger partial charge on any atom is 0.191 e. The predicted octanol–water partition coefficient (Wildman–Crippen LogP) is 2.94. The second-order valence-electron chi connectivity index (χ2n) is 5.36. The lowest BCUT2D eigenvalue weighted by Gasteiger charge is -2.11. The van der Waals surface area contributed by atoms with E-state index in [9.17, 15) is 0 Å². The van der Waals surface area contributed by atoms with Gasteiger partial charge in [-0.2, -0.15) is 0 Å². The monoisotopic (exact) mass is 310 g/mol. The number of benzene rings is 1. The molecule has 0 saturated carbocycles. The van der Waals surface area contributed by atoms with Gasteiger partial charge in [-0.3, -0.25) is 4.98 Å². The minimum atomic E-state index is 0.585. The molecule has 0 aliphatic rings. The van der Waals surface area contributed by atoms with Crippen LogP contribution in [0.1, 0.15) is 30.7 Å². The van der Waals surface area contributed by atoms with Gasteiger partial charge in [0.1, 0.15) is 0 Å². The van der Waals surface area contributed by atoms with Crippen LogP contribution in [0.3, 0.4) is 0 Å². The lowest BCUT2D eigenvalue weighted by molar-refractivity contribution is 0.796. The third-order valence-electron chi connectivity index (χ3n) is 3.61. The van der Waals surface area contributed by atoms with E-state index in [1.165, 1.54) is 11.1 Å². The Kier molecular flexibility index (Phi) is 7.11. The van der Waals surface area contributed by atoms with Crippen molar-refractivity contribution in [2.45, 2.75) is 33.2 Å². The minimum absolute atomic E-state index is 0.585. The number of aryl methyl sites for hydroxylation is 1. The number of nitrogens with one attached hydrogen (secondary N) is 2. The van der Waals surface area contributed by atoms with Crippen molar-refractivity contribution in [3.05, 3.63) is 65.5 Å². The fourth-order valence-corrected chi connectivity index (χ4v) is 2.26. The topological polar surface area (TPSA) is 49.3 Å². The van der Waals surface area contributed by atoms with Crippen molar-refractivity contribution >= 4 is 5.96 Å². The SMILES string of the molecule is CCNC(=NCc1ccccn1)NCCc1ccc(CC)cc1. The van der Waals surface area contributed by atoms with E-state index < -0.39 is 0 Å². The van der Waals surface area contributed by atoms with Crippen molar-refractivity contribution in [3.8, 4) is 0 Å². The van der Waals surface area contributed by atoms with Crippen LogP contribution in [-0.4, -0.2) is 24.0 Å². The van der Waals surface area contributed by atoms with Gasteiger partial charge in [0, 0.05) is 19.3 Å². The summed E-state index contributed by atoms with van der Waals surface area (Å²) in [7, 11) is 0. The first-order chi connectivity index (χ1) is 11.3. The zero-order valence-electron chi connectivity index (χ0n) is 14.0. The molecule has 0 aliphatic heterocycles. The summed E-state index contributed by atoms with van der Waals surface area (Å²) in [6, 6.07) is 14.7. The van der Waals surface area contributed by atoms with Gasteiger partial charge in [0.2, 0.25) is 0 Å². The largest absolute Gasteiger partial charge is 0.357 e. The first-order valence-electron chi connectivity index (χ1n) is 8.31. The standard InChI is InChI=1S/C19H26N4/c1-3-16-8-10-17(11-9-16)12-14-22-19(20-4-2)23-15-18-7-5-6-13-21-18/h5-11,13H,3-4,12,14-15H2,1-2H3,(H2,20,22,23). The van der Waals surface area contributed by atoms with Crippen molar-refractivity contribution in [1.82, 2.24) is 15.6 Å². The van der Waals surface area contributed by atoms with Crippen molar-refractivity contribution in [2.75, 3.05) is 13.1 Å². The van der Waals surface area contributed by atoms with Crippen LogP contribution in [0.5, 0.6) is 0 Å². The molecule has 0 radical (unpaired) electrons. The van der Waals surface area contributed by atoms with Crippen LogP contribution in [-0.2, 0) is 19.4 Å². The number of nitrogens with zero attached hydrogens (tertiary/aromatic N) is 2. The average molecular weight is 310 g/mol. The number of hydrogen-bond acceptors (Lipinski definition) is 2. The fourth-order valence-electron chi connectivity index (χ4n) is 2.26. The average Bonchev–Trinajstić information content (AvgIpc) is 2.61.